The number of ether oxygens (including phenoxy) is 1. The van der Waals surface area contributed by atoms with E-state index in [9.17, 15) is 28.2 Å². The number of nitrogens with zero attached hydrogens (tertiary/aromatic N) is 2. The third kappa shape index (κ3) is 4.82. The minimum absolute atomic E-state index is 0.0490. The van der Waals surface area contributed by atoms with Crippen LogP contribution in [0.4, 0.5) is 0 Å². The highest BCUT2D eigenvalue weighted by Crippen LogP contribution is 2.40. The van der Waals surface area contributed by atoms with Gasteiger partial charge in [0.2, 0.25) is 10.0 Å². The van der Waals surface area contributed by atoms with Crippen LogP contribution in [-0.2, 0) is 24.3 Å². The summed E-state index contributed by atoms with van der Waals surface area (Å²) in [5.74, 6) is -2.12. The van der Waals surface area contributed by atoms with Crippen molar-refractivity contribution in [3.8, 4) is 5.75 Å². The van der Waals surface area contributed by atoms with Crippen molar-refractivity contribution >= 4 is 27.5 Å². The lowest BCUT2D eigenvalue weighted by atomic mass is 9.95. The predicted molar refractivity (Wildman–Crippen MR) is 128 cm³/mol. The molecule has 9 nitrogen and oxygen atoms in total. The van der Waals surface area contributed by atoms with Crippen molar-refractivity contribution in [3.05, 3.63) is 65.2 Å². The molecule has 0 aliphatic carbocycles. The van der Waals surface area contributed by atoms with Gasteiger partial charge in [0, 0.05) is 32.3 Å². The van der Waals surface area contributed by atoms with Gasteiger partial charge in [-0.25, -0.2) is 8.42 Å². The number of Topliss-reactive ketones (excluding diaryl/α,β-unsaturated/α-hetero) is 1. The van der Waals surface area contributed by atoms with Gasteiger partial charge in [0.1, 0.15) is 11.5 Å². The number of aliphatic hydroxyl groups is 1. The van der Waals surface area contributed by atoms with Gasteiger partial charge in [0.15, 0.2) is 0 Å². The third-order valence-electron chi connectivity index (χ3n) is 6.34. The molecule has 186 valence electrons. The molecule has 0 spiro atoms. The van der Waals surface area contributed by atoms with E-state index in [-0.39, 0.29) is 34.9 Å². The van der Waals surface area contributed by atoms with Crippen molar-refractivity contribution in [3.63, 3.8) is 0 Å². The number of amides is 1. The Morgan fingerprint density at radius 1 is 1.06 bits per heavy atom. The first kappa shape index (κ1) is 24.9. The number of aliphatic hydroxyl groups excluding tert-OH is 1. The van der Waals surface area contributed by atoms with Gasteiger partial charge in [0.05, 0.1) is 23.1 Å². The molecule has 4 rings (SSSR count). The number of likely N-dealkylation sites (tertiary alicyclic amines) is 1. The van der Waals surface area contributed by atoms with Crippen molar-refractivity contribution in [2.45, 2.75) is 30.2 Å². The fourth-order valence-electron chi connectivity index (χ4n) is 4.54. The summed E-state index contributed by atoms with van der Waals surface area (Å²) in [5, 5.41) is 21.1. The number of benzene rings is 2. The van der Waals surface area contributed by atoms with Gasteiger partial charge >= 0.3 is 0 Å². The lowest BCUT2D eigenvalue weighted by Crippen LogP contribution is -2.35. The first-order chi connectivity index (χ1) is 16.8. The second kappa shape index (κ2) is 10.2. The van der Waals surface area contributed by atoms with E-state index < -0.39 is 33.5 Å². The topological polar surface area (TPSA) is 124 Å². The molecule has 0 saturated carbocycles. The second-order valence-corrected chi connectivity index (χ2v) is 10.5. The fourth-order valence-corrected chi connectivity index (χ4v) is 6.05. The summed E-state index contributed by atoms with van der Waals surface area (Å²) in [5.41, 5.74) is 0.520. The van der Waals surface area contributed by atoms with E-state index in [1.165, 1.54) is 52.7 Å². The van der Waals surface area contributed by atoms with Crippen molar-refractivity contribution in [1.29, 1.82) is 0 Å². The SMILES string of the molecule is COCCN1C(=O)C(=O)/C(=C(\O)c2ccc(S(=O)(=O)N3CCCCC3)cc2)C1c1cccc(O)c1. The standard InChI is InChI=1S/C25H28N2O7S/c1-34-15-14-27-22(18-6-5-7-19(28)16-18)21(24(30)25(27)31)23(29)17-8-10-20(11-9-17)35(32,33)26-12-3-2-4-13-26/h5-11,16,22,28-29H,2-4,12-15H2,1H3/b23-21-. The normalized spacial score (nSPS) is 20.9. The van der Waals surface area contributed by atoms with E-state index in [1.807, 2.05) is 0 Å². The number of sulfonamides is 1. The number of ketones is 1. The maximum Gasteiger partial charge on any atom is 0.295 e. The highest BCUT2D eigenvalue weighted by molar-refractivity contribution is 7.89. The van der Waals surface area contributed by atoms with E-state index in [0.29, 0.717) is 18.7 Å². The molecule has 0 radical (unpaired) electrons. The van der Waals surface area contributed by atoms with E-state index in [4.69, 9.17) is 4.74 Å². The zero-order valence-corrected chi connectivity index (χ0v) is 20.2. The van der Waals surface area contributed by atoms with Crippen LogP contribution in [0.1, 0.15) is 36.4 Å². The minimum Gasteiger partial charge on any atom is -0.508 e. The zero-order chi connectivity index (χ0) is 25.2. The quantitative estimate of drug-likeness (QED) is 0.340. The van der Waals surface area contributed by atoms with Gasteiger partial charge in [-0.15, -0.1) is 0 Å². The Balaban J connectivity index is 1.74. The minimum atomic E-state index is -3.66. The first-order valence-corrected chi connectivity index (χ1v) is 12.9. The van der Waals surface area contributed by atoms with Gasteiger partial charge in [-0.1, -0.05) is 18.6 Å². The number of hydrogen-bond acceptors (Lipinski definition) is 7. The molecule has 2 aromatic rings. The van der Waals surface area contributed by atoms with Crippen molar-refractivity contribution in [2.75, 3.05) is 33.4 Å². The summed E-state index contributed by atoms with van der Waals surface area (Å²) in [6.45, 7) is 1.22. The van der Waals surface area contributed by atoms with Crippen LogP contribution in [0.25, 0.3) is 5.76 Å². The Morgan fingerprint density at radius 2 is 1.74 bits per heavy atom. The Kier molecular flexibility index (Phi) is 7.25. The maximum atomic E-state index is 13.0. The van der Waals surface area contributed by atoms with E-state index in [1.54, 1.807) is 12.1 Å². The molecule has 35 heavy (non-hydrogen) atoms. The Labute approximate surface area is 204 Å². The van der Waals surface area contributed by atoms with E-state index >= 15 is 0 Å². The average molecular weight is 501 g/mol. The molecule has 2 N–H and O–H groups in total. The molecule has 1 unspecified atom stereocenters. The lowest BCUT2D eigenvalue weighted by Gasteiger charge is -2.26. The Bertz CT molecular complexity index is 1250. The number of rotatable bonds is 7. The highest BCUT2D eigenvalue weighted by Gasteiger charge is 2.46. The van der Waals surface area contributed by atoms with Crippen LogP contribution in [0, 0.1) is 0 Å². The van der Waals surface area contributed by atoms with Crippen LogP contribution < -0.4 is 0 Å². The largest absolute Gasteiger partial charge is 0.508 e. The molecular formula is C25H28N2O7S. The second-order valence-electron chi connectivity index (χ2n) is 8.57. The smallest absolute Gasteiger partial charge is 0.295 e. The number of methoxy groups -OCH3 is 1. The summed E-state index contributed by atoms with van der Waals surface area (Å²) in [6.07, 6.45) is 2.63. The molecule has 1 amide bonds. The lowest BCUT2D eigenvalue weighted by molar-refractivity contribution is -0.140. The van der Waals surface area contributed by atoms with Crippen LogP contribution in [0.3, 0.4) is 0 Å². The third-order valence-corrected chi connectivity index (χ3v) is 8.26. The number of carbonyl (C=O) groups excluding carboxylic acids is 2. The number of hydrogen-bond donors (Lipinski definition) is 2. The molecular weight excluding hydrogens is 472 g/mol. The van der Waals surface area contributed by atoms with Crippen molar-refractivity contribution in [2.24, 2.45) is 0 Å². The highest BCUT2D eigenvalue weighted by atomic mass is 32.2. The van der Waals surface area contributed by atoms with Crippen LogP contribution in [0.15, 0.2) is 59.0 Å². The van der Waals surface area contributed by atoms with Gasteiger partial charge < -0.3 is 19.8 Å². The molecule has 2 saturated heterocycles. The van der Waals surface area contributed by atoms with Crippen LogP contribution in [0.5, 0.6) is 5.75 Å². The average Bonchev–Trinajstić information content (AvgIpc) is 3.12. The van der Waals surface area contributed by atoms with Gasteiger partial charge in [-0.3, -0.25) is 9.59 Å². The van der Waals surface area contributed by atoms with Gasteiger partial charge in [0.25, 0.3) is 11.7 Å². The van der Waals surface area contributed by atoms with Crippen LogP contribution in [-0.4, -0.2) is 72.9 Å². The molecule has 2 aliphatic heterocycles. The molecule has 0 bridgehead atoms. The first-order valence-electron chi connectivity index (χ1n) is 11.4. The summed E-state index contributed by atoms with van der Waals surface area (Å²) < 4.78 is 32.4. The molecule has 0 aromatic heterocycles. The summed E-state index contributed by atoms with van der Waals surface area (Å²) in [4.78, 5) is 27.2. The van der Waals surface area contributed by atoms with E-state index in [0.717, 1.165) is 19.3 Å². The number of piperidine rings is 1. The summed E-state index contributed by atoms with van der Waals surface area (Å²) in [6, 6.07) is 10.8. The van der Waals surface area contributed by atoms with Crippen LogP contribution in [0.2, 0.25) is 0 Å². The zero-order valence-electron chi connectivity index (χ0n) is 19.4. The Hall–Kier alpha value is -3.21. The van der Waals surface area contributed by atoms with Crippen molar-refractivity contribution < 1.29 is 33.0 Å². The molecule has 1 atom stereocenters. The number of carbonyl (C=O) groups is 2. The maximum absolute atomic E-state index is 13.0. The van der Waals surface area contributed by atoms with Crippen LogP contribution >= 0.6 is 0 Å². The van der Waals surface area contributed by atoms with Crippen molar-refractivity contribution in [1.82, 2.24) is 9.21 Å². The molecule has 2 aliphatic rings. The van der Waals surface area contributed by atoms with Gasteiger partial charge in [-0.05, 0) is 54.8 Å². The summed E-state index contributed by atoms with van der Waals surface area (Å²) >= 11 is 0. The van der Waals surface area contributed by atoms with Gasteiger partial charge in [-0.2, -0.15) is 4.31 Å². The molecule has 2 aromatic carbocycles. The monoisotopic (exact) mass is 500 g/mol. The fraction of sp³-hybridized carbons (Fsp3) is 0.360. The number of phenols is 1. The number of aromatic hydroxyl groups is 1. The molecule has 10 heteroatoms. The van der Waals surface area contributed by atoms with E-state index in [2.05, 4.69) is 0 Å². The number of phenolic OH excluding ortho intramolecular Hbond substituents is 1. The molecule has 2 heterocycles. The Morgan fingerprint density at radius 3 is 2.37 bits per heavy atom. The summed E-state index contributed by atoms with van der Waals surface area (Å²) in [7, 11) is -2.18. The predicted octanol–water partition coefficient (Wildman–Crippen LogP) is 2.63. The molecule has 2 fully saturated rings.